The Labute approximate surface area is 254 Å². The van der Waals surface area contributed by atoms with Crippen molar-refractivity contribution in [1.82, 2.24) is 24.8 Å². The Morgan fingerprint density at radius 1 is 1.02 bits per heavy atom. The summed E-state index contributed by atoms with van der Waals surface area (Å²) in [5.74, 6) is 0.723. The number of aromatic nitrogens is 4. The molecule has 43 heavy (non-hydrogen) atoms. The van der Waals surface area contributed by atoms with Crippen molar-refractivity contribution in [3.63, 3.8) is 0 Å². The summed E-state index contributed by atoms with van der Waals surface area (Å²) in [4.78, 5) is 31.9. The number of nitrogens with one attached hydrogen (secondary N) is 1. The molecule has 0 aliphatic carbocycles. The normalized spacial score (nSPS) is 15.1. The fraction of sp³-hybridized carbons (Fsp3) is 0.242. The van der Waals surface area contributed by atoms with E-state index in [1.54, 1.807) is 13.3 Å². The molecule has 1 fully saturated rings. The molecule has 2 N–H and O–H groups in total. The van der Waals surface area contributed by atoms with Crippen LogP contribution in [0.25, 0.3) is 33.4 Å². The lowest BCUT2D eigenvalue weighted by molar-refractivity contribution is -0.141. The zero-order chi connectivity index (χ0) is 30.1. The number of fused-ring (bicyclic) bond motifs is 1. The van der Waals surface area contributed by atoms with Gasteiger partial charge in [-0.3, -0.25) is 14.7 Å². The smallest absolute Gasteiger partial charge is 0.307 e. The molecule has 0 amide bonds. The van der Waals surface area contributed by atoms with Gasteiger partial charge in [0, 0.05) is 41.7 Å². The van der Waals surface area contributed by atoms with Crippen LogP contribution in [0.4, 0.5) is 11.5 Å². The quantitative estimate of drug-likeness (QED) is 0.203. The number of carbonyl (C=O) groups is 1. The number of benzene rings is 2. The Balaban J connectivity index is 1.31. The maximum Gasteiger partial charge on any atom is 0.307 e. The van der Waals surface area contributed by atoms with E-state index >= 15 is 0 Å². The van der Waals surface area contributed by atoms with Crippen molar-refractivity contribution in [2.75, 3.05) is 25.5 Å². The average Bonchev–Trinajstić information content (AvgIpc) is 3.48. The number of likely N-dealkylation sites (tertiary alicyclic amines) is 1. The number of ether oxygens (including phenoxy) is 1. The molecule has 1 atom stereocenters. The number of pyridine rings is 2. The third kappa shape index (κ3) is 5.74. The predicted octanol–water partition coefficient (Wildman–Crippen LogP) is 6.68. The van der Waals surface area contributed by atoms with Gasteiger partial charge in [-0.25, -0.2) is 15.0 Å². The number of aryl methyl sites for hydroxylation is 1. The number of rotatable bonds is 8. The third-order valence-corrected chi connectivity index (χ3v) is 8.27. The lowest BCUT2D eigenvalue weighted by Gasteiger charge is -2.18. The summed E-state index contributed by atoms with van der Waals surface area (Å²) >= 11 is 7.08. The molecule has 2 aromatic carbocycles. The molecule has 3 aromatic heterocycles. The molecule has 0 bridgehead atoms. The van der Waals surface area contributed by atoms with Gasteiger partial charge in [0.1, 0.15) is 11.3 Å². The number of hydrogen-bond donors (Lipinski definition) is 2. The highest BCUT2D eigenvalue weighted by Gasteiger charge is 2.28. The molecule has 10 heteroatoms. The van der Waals surface area contributed by atoms with Gasteiger partial charge in [-0.1, -0.05) is 48.0 Å². The minimum Gasteiger partial charge on any atom is -0.481 e. The summed E-state index contributed by atoms with van der Waals surface area (Å²) < 4.78 is 5.66. The molecule has 0 saturated carbocycles. The van der Waals surface area contributed by atoms with Gasteiger partial charge in [-0.15, -0.1) is 0 Å². The number of aliphatic carboxylic acids is 1. The van der Waals surface area contributed by atoms with Crippen molar-refractivity contribution in [3.05, 3.63) is 88.8 Å². The highest BCUT2D eigenvalue weighted by molar-refractivity contribution is 6.36. The van der Waals surface area contributed by atoms with Gasteiger partial charge >= 0.3 is 5.97 Å². The SMILES string of the molecule is COc1nc(-c2cccc(-c3cccc(Nc4nc(C)nc5cccnc45)c3C)c2Cl)ccc1CN1CCC(C(=O)O)C1. The van der Waals surface area contributed by atoms with E-state index in [1.807, 2.05) is 74.5 Å². The molecule has 0 radical (unpaired) electrons. The van der Waals surface area contributed by atoms with Crippen molar-refractivity contribution < 1.29 is 14.6 Å². The average molecular weight is 595 g/mol. The summed E-state index contributed by atoms with van der Waals surface area (Å²) in [6.45, 7) is 5.73. The van der Waals surface area contributed by atoms with Crippen molar-refractivity contribution in [1.29, 1.82) is 0 Å². The number of halogens is 1. The minimum atomic E-state index is -0.747. The highest BCUT2D eigenvalue weighted by atomic mass is 35.5. The zero-order valence-corrected chi connectivity index (χ0v) is 24.9. The Bertz CT molecular complexity index is 1850. The molecule has 4 heterocycles. The van der Waals surface area contributed by atoms with Gasteiger partial charge in [-0.05, 0) is 62.2 Å². The summed E-state index contributed by atoms with van der Waals surface area (Å²) in [5, 5.41) is 13.4. The summed E-state index contributed by atoms with van der Waals surface area (Å²) in [7, 11) is 1.59. The summed E-state index contributed by atoms with van der Waals surface area (Å²) in [6.07, 6.45) is 2.38. The Kier molecular flexibility index (Phi) is 7.92. The molecule has 1 aliphatic heterocycles. The van der Waals surface area contributed by atoms with E-state index in [2.05, 4.69) is 25.2 Å². The van der Waals surface area contributed by atoms with Crippen LogP contribution < -0.4 is 10.1 Å². The predicted molar refractivity (Wildman–Crippen MR) is 168 cm³/mol. The standard InChI is InChI=1S/C33H31ClN6O3/c1-19-23(7-5-10-26(19)38-31-30-28(11-6-15-35-30)36-20(2)37-31)24-8-4-9-25(29(24)34)27-13-12-21(32(39-27)43-3)17-40-16-14-22(18-40)33(41)42/h4-13,15,22H,14,16-18H2,1-3H3,(H,41,42)(H,36,37,38). The van der Waals surface area contributed by atoms with Crippen molar-refractivity contribution in [3.8, 4) is 28.3 Å². The first-order valence-electron chi connectivity index (χ1n) is 14.1. The lowest BCUT2D eigenvalue weighted by Crippen LogP contribution is -2.23. The zero-order valence-electron chi connectivity index (χ0n) is 24.1. The number of anilines is 2. The molecule has 5 aromatic rings. The van der Waals surface area contributed by atoms with Crippen LogP contribution in [0.5, 0.6) is 5.88 Å². The van der Waals surface area contributed by atoms with Crippen LogP contribution in [0.2, 0.25) is 5.02 Å². The van der Waals surface area contributed by atoms with E-state index in [0.29, 0.717) is 53.3 Å². The largest absolute Gasteiger partial charge is 0.481 e. The molecule has 1 unspecified atom stereocenters. The molecular formula is C33H31ClN6O3. The van der Waals surface area contributed by atoms with Crippen molar-refractivity contribution in [2.45, 2.75) is 26.8 Å². The number of methoxy groups -OCH3 is 1. The minimum absolute atomic E-state index is 0.335. The number of nitrogens with zero attached hydrogens (tertiary/aromatic N) is 5. The number of hydrogen-bond acceptors (Lipinski definition) is 8. The second-order valence-electron chi connectivity index (χ2n) is 10.7. The Morgan fingerprint density at radius 3 is 2.60 bits per heavy atom. The fourth-order valence-electron chi connectivity index (χ4n) is 5.63. The van der Waals surface area contributed by atoms with Crippen molar-refractivity contribution >= 4 is 40.1 Å². The van der Waals surface area contributed by atoms with Gasteiger partial charge in [0.25, 0.3) is 0 Å². The van der Waals surface area contributed by atoms with E-state index < -0.39 is 5.97 Å². The molecule has 1 aliphatic rings. The van der Waals surface area contributed by atoms with Crippen LogP contribution in [0.15, 0.2) is 66.9 Å². The Morgan fingerprint density at radius 2 is 1.81 bits per heavy atom. The van der Waals surface area contributed by atoms with Crippen LogP contribution in [0.3, 0.4) is 0 Å². The fourth-order valence-corrected chi connectivity index (χ4v) is 5.96. The van der Waals surface area contributed by atoms with Gasteiger partial charge in [0.2, 0.25) is 5.88 Å². The summed E-state index contributed by atoms with van der Waals surface area (Å²) in [6, 6.07) is 19.7. The summed E-state index contributed by atoms with van der Waals surface area (Å²) in [5.41, 5.74) is 7.62. The first kappa shape index (κ1) is 28.5. The number of carboxylic acids is 1. The van der Waals surface area contributed by atoms with Gasteiger partial charge in [-0.2, -0.15) is 0 Å². The number of carboxylic acid groups (broad SMARTS) is 1. The Hall–Kier alpha value is -4.60. The van der Waals surface area contributed by atoms with Crippen LogP contribution in [0.1, 0.15) is 23.4 Å². The second kappa shape index (κ2) is 11.9. The van der Waals surface area contributed by atoms with Crippen LogP contribution in [-0.2, 0) is 11.3 Å². The maximum absolute atomic E-state index is 11.4. The molecule has 0 spiro atoms. The molecular weight excluding hydrogens is 564 g/mol. The second-order valence-corrected chi connectivity index (χ2v) is 11.1. The molecule has 6 rings (SSSR count). The van der Waals surface area contributed by atoms with E-state index in [9.17, 15) is 9.90 Å². The molecule has 1 saturated heterocycles. The van der Waals surface area contributed by atoms with Crippen LogP contribution in [0, 0.1) is 19.8 Å². The first-order valence-corrected chi connectivity index (χ1v) is 14.4. The van der Waals surface area contributed by atoms with Gasteiger partial charge < -0.3 is 15.2 Å². The van der Waals surface area contributed by atoms with Gasteiger partial charge in [0.05, 0.1) is 29.3 Å². The molecule has 9 nitrogen and oxygen atoms in total. The lowest BCUT2D eigenvalue weighted by atomic mass is 9.96. The monoisotopic (exact) mass is 594 g/mol. The van der Waals surface area contributed by atoms with E-state index in [1.165, 1.54) is 0 Å². The van der Waals surface area contributed by atoms with Crippen LogP contribution >= 0.6 is 11.6 Å². The maximum atomic E-state index is 11.4. The van der Waals surface area contributed by atoms with Crippen molar-refractivity contribution in [2.24, 2.45) is 5.92 Å². The topological polar surface area (TPSA) is 113 Å². The highest BCUT2D eigenvalue weighted by Crippen LogP contribution is 2.40. The van der Waals surface area contributed by atoms with Crippen LogP contribution in [-0.4, -0.2) is 56.1 Å². The van der Waals surface area contributed by atoms with E-state index in [0.717, 1.165) is 45.6 Å². The van der Waals surface area contributed by atoms with E-state index in [-0.39, 0.29) is 5.92 Å². The first-order chi connectivity index (χ1) is 20.8. The third-order valence-electron chi connectivity index (χ3n) is 7.87. The molecule has 218 valence electrons. The van der Waals surface area contributed by atoms with Gasteiger partial charge in [0.15, 0.2) is 5.82 Å². The van der Waals surface area contributed by atoms with E-state index in [4.69, 9.17) is 21.3 Å².